The lowest BCUT2D eigenvalue weighted by atomic mass is 9.84. The summed E-state index contributed by atoms with van der Waals surface area (Å²) < 4.78 is 5.30. The van der Waals surface area contributed by atoms with E-state index < -0.39 is 0 Å². The van der Waals surface area contributed by atoms with Crippen molar-refractivity contribution in [2.45, 2.75) is 51.4 Å². The van der Waals surface area contributed by atoms with Crippen molar-refractivity contribution < 1.29 is 9.53 Å². The van der Waals surface area contributed by atoms with E-state index in [9.17, 15) is 4.79 Å². The van der Waals surface area contributed by atoms with Gasteiger partial charge in [0.2, 0.25) is 0 Å². The van der Waals surface area contributed by atoms with Crippen molar-refractivity contribution >= 4 is 5.78 Å². The smallest absolute Gasteiger partial charge is 0.133 e. The molecule has 0 spiro atoms. The molecule has 2 heteroatoms. The van der Waals surface area contributed by atoms with E-state index in [1.807, 2.05) is 0 Å². The molecule has 2 fully saturated rings. The molecule has 2 aliphatic rings. The lowest BCUT2D eigenvalue weighted by molar-refractivity contribution is -0.121. The number of carbonyl (C=O) groups excluding carboxylic acids is 1. The summed E-state index contributed by atoms with van der Waals surface area (Å²) in [5.74, 6) is 1.71. The number of rotatable bonds is 4. The Kier molecular flexibility index (Phi) is 4.18. The predicted octanol–water partition coefficient (Wildman–Crippen LogP) is 2.95. The van der Waals surface area contributed by atoms with Crippen LogP contribution in [0.3, 0.4) is 0 Å². The molecule has 15 heavy (non-hydrogen) atoms. The maximum atomic E-state index is 11.8. The van der Waals surface area contributed by atoms with Crippen LogP contribution in [-0.4, -0.2) is 19.0 Å². The molecule has 1 aliphatic carbocycles. The number of Topliss-reactive ketones (excluding diaryl/α,β-unsaturated/α-hetero) is 1. The topological polar surface area (TPSA) is 26.3 Å². The Bertz CT molecular complexity index is 201. The predicted molar refractivity (Wildman–Crippen MR) is 59.7 cm³/mol. The van der Waals surface area contributed by atoms with E-state index in [2.05, 4.69) is 0 Å². The van der Waals surface area contributed by atoms with E-state index in [-0.39, 0.29) is 0 Å². The van der Waals surface area contributed by atoms with E-state index in [0.717, 1.165) is 32.5 Å². The first-order valence-electron chi connectivity index (χ1n) is 6.44. The van der Waals surface area contributed by atoms with Gasteiger partial charge in [0.1, 0.15) is 5.78 Å². The van der Waals surface area contributed by atoms with Crippen molar-refractivity contribution in [3.8, 4) is 0 Å². The van der Waals surface area contributed by atoms with Crippen LogP contribution in [0.15, 0.2) is 0 Å². The Labute approximate surface area is 92.4 Å². The summed E-state index contributed by atoms with van der Waals surface area (Å²) in [6.45, 7) is 1.68. The second-order valence-corrected chi connectivity index (χ2v) is 5.18. The number of hydrogen-bond acceptors (Lipinski definition) is 2. The monoisotopic (exact) mass is 210 g/mol. The van der Waals surface area contributed by atoms with E-state index in [1.54, 1.807) is 0 Å². The third-order valence-electron chi connectivity index (χ3n) is 3.78. The van der Waals surface area contributed by atoms with Crippen LogP contribution >= 0.6 is 0 Å². The van der Waals surface area contributed by atoms with Gasteiger partial charge in [-0.15, -0.1) is 0 Å². The molecule has 86 valence electrons. The first-order valence-corrected chi connectivity index (χ1v) is 6.44. The molecule has 0 amide bonds. The zero-order valence-corrected chi connectivity index (χ0v) is 9.54. The fraction of sp³-hybridized carbons (Fsp3) is 0.923. The molecule has 1 unspecified atom stereocenters. The fourth-order valence-corrected chi connectivity index (χ4v) is 2.86. The molecule has 0 aromatic heterocycles. The van der Waals surface area contributed by atoms with Crippen molar-refractivity contribution in [1.29, 1.82) is 0 Å². The minimum absolute atomic E-state index is 0.484. The summed E-state index contributed by atoms with van der Waals surface area (Å²) in [5.41, 5.74) is 0. The van der Waals surface area contributed by atoms with Gasteiger partial charge in [-0.1, -0.05) is 32.1 Å². The summed E-state index contributed by atoms with van der Waals surface area (Å²) in [6.07, 6.45) is 9.33. The van der Waals surface area contributed by atoms with E-state index in [4.69, 9.17) is 4.74 Å². The highest BCUT2D eigenvalue weighted by atomic mass is 16.5. The van der Waals surface area contributed by atoms with Gasteiger partial charge in [0.25, 0.3) is 0 Å². The molecule has 0 bridgehead atoms. The van der Waals surface area contributed by atoms with Crippen molar-refractivity contribution in [2.24, 2.45) is 11.8 Å². The second-order valence-electron chi connectivity index (χ2n) is 5.18. The number of ketones is 1. The number of ether oxygens (including phenoxy) is 1. The van der Waals surface area contributed by atoms with Crippen molar-refractivity contribution in [2.75, 3.05) is 13.2 Å². The number of hydrogen-bond donors (Lipinski definition) is 0. The summed E-state index contributed by atoms with van der Waals surface area (Å²) in [7, 11) is 0. The molecule has 1 saturated heterocycles. The van der Waals surface area contributed by atoms with Crippen LogP contribution in [0.4, 0.5) is 0 Å². The molecule has 2 nitrogen and oxygen atoms in total. The van der Waals surface area contributed by atoms with Crippen LogP contribution < -0.4 is 0 Å². The summed E-state index contributed by atoms with van der Waals surface area (Å²) in [4.78, 5) is 11.8. The van der Waals surface area contributed by atoms with Gasteiger partial charge in [-0.3, -0.25) is 4.79 Å². The Balaban J connectivity index is 1.66. The molecule has 1 aliphatic heterocycles. The van der Waals surface area contributed by atoms with Crippen LogP contribution in [0, 0.1) is 11.8 Å². The normalized spacial score (nSPS) is 28.1. The Morgan fingerprint density at radius 1 is 1.00 bits per heavy atom. The van der Waals surface area contributed by atoms with Gasteiger partial charge < -0.3 is 4.74 Å². The van der Waals surface area contributed by atoms with E-state index in [0.29, 0.717) is 17.6 Å². The molecule has 1 heterocycles. The van der Waals surface area contributed by atoms with Crippen molar-refractivity contribution in [3.63, 3.8) is 0 Å². The summed E-state index contributed by atoms with van der Waals surface area (Å²) in [5, 5.41) is 0. The molecule has 1 atom stereocenters. The molecule has 0 N–H and O–H groups in total. The zero-order valence-electron chi connectivity index (χ0n) is 9.54. The summed E-state index contributed by atoms with van der Waals surface area (Å²) >= 11 is 0. The highest BCUT2D eigenvalue weighted by molar-refractivity contribution is 5.78. The lowest BCUT2D eigenvalue weighted by Gasteiger charge is -2.21. The minimum atomic E-state index is 0.484. The van der Waals surface area contributed by atoms with Crippen LogP contribution in [0.1, 0.15) is 51.4 Å². The minimum Gasteiger partial charge on any atom is -0.381 e. The highest BCUT2D eigenvalue weighted by Gasteiger charge is 2.22. The van der Waals surface area contributed by atoms with E-state index in [1.165, 1.54) is 32.1 Å². The molecule has 0 radical (unpaired) electrons. The van der Waals surface area contributed by atoms with Crippen molar-refractivity contribution in [1.82, 2.24) is 0 Å². The third-order valence-corrected chi connectivity index (χ3v) is 3.78. The van der Waals surface area contributed by atoms with E-state index >= 15 is 0 Å². The first kappa shape index (κ1) is 11.1. The summed E-state index contributed by atoms with van der Waals surface area (Å²) in [6, 6.07) is 0. The molecular weight excluding hydrogens is 188 g/mol. The SMILES string of the molecule is O=C(CC1CCCCC1)CC1CCOC1. The Morgan fingerprint density at radius 3 is 2.40 bits per heavy atom. The maximum absolute atomic E-state index is 11.8. The zero-order chi connectivity index (χ0) is 10.5. The highest BCUT2D eigenvalue weighted by Crippen LogP contribution is 2.28. The van der Waals surface area contributed by atoms with Gasteiger partial charge in [-0.2, -0.15) is 0 Å². The fourth-order valence-electron chi connectivity index (χ4n) is 2.86. The quantitative estimate of drug-likeness (QED) is 0.713. The molecule has 1 saturated carbocycles. The lowest BCUT2D eigenvalue weighted by Crippen LogP contribution is -2.15. The first-order chi connectivity index (χ1) is 7.34. The second kappa shape index (κ2) is 5.64. The van der Waals surface area contributed by atoms with Gasteiger partial charge in [-0.05, 0) is 18.3 Å². The van der Waals surface area contributed by atoms with Gasteiger partial charge in [-0.25, -0.2) is 0 Å². The average molecular weight is 210 g/mol. The average Bonchev–Trinajstić information content (AvgIpc) is 2.71. The molecular formula is C13H22O2. The molecule has 2 rings (SSSR count). The largest absolute Gasteiger partial charge is 0.381 e. The van der Waals surface area contributed by atoms with Gasteiger partial charge in [0, 0.05) is 26.1 Å². The maximum Gasteiger partial charge on any atom is 0.133 e. The molecule has 0 aromatic rings. The third kappa shape index (κ3) is 3.60. The van der Waals surface area contributed by atoms with Gasteiger partial charge in [0.15, 0.2) is 0 Å². The van der Waals surface area contributed by atoms with Crippen LogP contribution in [0.2, 0.25) is 0 Å². The van der Waals surface area contributed by atoms with Gasteiger partial charge in [0.05, 0.1) is 0 Å². The van der Waals surface area contributed by atoms with Crippen LogP contribution in [0.25, 0.3) is 0 Å². The van der Waals surface area contributed by atoms with Crippen molar-refractivity contribution in [3.05, 3.63) is 0 Å². The number of carbonyl (C=O) groups is 1. The Hall–Kier alpha value is -0.370. The van der Waals surface area contributed by atoms with Crippen LogP contribution in [0.5, 0.6) is 0 Å². The molecule has 0 aromatic carbocycles. The van der Waals surface area contributed by atoms with Gasteiger partial charge >= 0.3 is 0 Å². The Morgan fingerprint density at radius 2 is 1.73 bits per heavy atom. The standard InChI is InChI=1S/C13H22O2/c14-13(9-12-6-7-15-10-12)8-11-4-2-1-3-5-11/h11-12H,1-10H2. The van der Waals surface area contributed by atoms with Crippen LogP contribution in [-0.2, 0) is 9.53 Å².